The van der Waals surface area contributed by atoms with Crippen molar-refractivity contribution < 1.29 is 9.84 Å². The molecule has 1 heterocycles. The highest BCUT2D eigenvalue weighted by Gasteiger charge is 2.09. The van der Waals surface area contributed by atoms with Crippen LogP contribution in [0.25, 0.3) is 11.4 Å². The van der Waals surface area contributed by atoms with E-state index in [0.29, 0.717) is 22.7 Å². The molecule has 2 aromatic rings. The van der Waals surface area contributed by atoms with Gasteiger partial charge in [0.1, 0.15) is 0 Å². The molecule has 0 fully saturated rings. The van der Waals surface area contributed by atoms with Crippen LogP contribution in [0, 0.1) is 5.92 Å². The molecule has 96 valence electrons. The van der Waals surface area contributed by atoms with Gasteiger partial charge in [-0.05, 0) is 24.3 Å². The van der Waals surface area contributed by atoms with Crippen molar-refractivity contribution >= 4 is 11.6 Å². The van der Waals surface area contributed by atoms with Gasteiger partial charge in [0.15, 0.2) is 6.54 Å². The molecule has 5 heteroatoms. The number of halogens is 1. The number of hydrogen-bond acceptors (Lipinski definition) is 3. The second kappa shape index (κ2) is 5.98. The number of nitrogens with two attached hydrogens (primary N) is 1. The van der Waals surface area contributed by atoms with E-state index < -0.39 is 0 Å². The van der Waals surface area contributed by atoms with Crippen molar-refractivity contribution in [1.29, 1.82) is 0 Å². The number of quaternary nitrogens is 1. The molecule has 1 aromatic heterocycles. The molecule has 1 aromatic carbocycles. The van der Waals surface area contributed by atoms with Crippen LogP contribution in [0.2, 0.25) is 5.02 Å². The number of hydrogen-bond donors (Lipinski definition) is 1. The first kappa shape index (κ1) is 13.1. The molecular formula is C13H17ClN3O+. The Morgan fingerprint density at radius 1 is 1.28 bits per heavy atom. The highest BCUT2D eigenvalue weighted by Crippen LogP contribution is 2.18. The molecule has 0 bridgehead atoms. The van der Waals surface area contributed by atoms with Gasteiger partial charge in [0.2, 0.25) is 5.82 Å². The third-order valence-electron chi connectivity index (χ3n) is 2.53. The lowest BCUT2D eigenvalue weighted by molar-refractivity contribution is -0.677. The van der Waals surface area contributed by atoms with E-state index in [1.165, 1.54) is 0 Å². The summed E-state index contributed by atoms with van der Waals surface area (Å²) in [4.78, 5) is 4.35. The third-order valence-corrected chi connectivity index (χ3v) is 2.78. The maximum atomic E-state index is 5.83. The van der Waals surface area contributed by atoms with Gasteiger partial charge in [-0.25, -0.2) is 0 Å². The van der Waals surface area contributed by atoms with Gasteiger partial charge >= 0.3 is 0 Å². The van der Waals surface area contributed by atoms with Crippen molar-refractivity contribution in [3.05, 3.63) is 35.2 Å². The van der Waals surface area contributed by atoms with E-state index >= 15 is 0 Å². The van der Waals surface area contributed by atoms with E-state index in [2.05, 4.69) is 29.3 Å². The summed E-state index contributed by atoms with van der Waals surface area (Å²) >= 11 is 5.83. The van der Waals surface area contributed by atoms with Gasteiger partial charge in [-0.1, -0.05) is 30.6 Å². The van der Waals surface area contributed by atoms with E-state index in [0.717, 1.165) is 18.7 Å². The SMILES string of the molecule is CC(C)C[NH2+]Cc1nc(-c2ccc(Cl)cc2)no1. The highest BCUT2D eigenvalue weighted by molar-refractivity contribution is 6.30. The Morgan fingerprint density at radius 2 is 2.00 bits per heavy atom. The van der Waals surface area contributed by atoms with Gasteiger partial charge in [-0.2, -0.15) is 4.98 Å². The van der Waals surface area contributed by atoms with Crippen molar-refractivity contribution in [3.8, 4) is 11.4 Å². The first-order chi connectivity index (χ1) is 8.65. The van der Waals surface area contributed by atoms with Crippen LogP contribution in [0.4, 0.5) is 0 Å². The molecule has 4 nitrogen and oxygen atoms in total. The molecule has 18 heavy (non-hydrogen) atoms. The van der Waals surface area contributed by atoms with Crippen molar-refractivity contribution in [1.82, 2.24) is 10.1 Å². The standard InChI is InChI=1S/C13H16ClN3O/c1-9(2)7-15-8-12-16-13(17-18-12)10-3-5-11(14)6-4-10/h3-6,9,15H,7-8H2,1-2H3/p+1. The minimum Gasteiger partial charge on any atom is -0.338 e. The maximum absolute atomic E-state index is 5.83. The lowest BCUT2D eigenvalue weighted by Crippen LogP contribution is -2.83. The summed E-state index contributed by atoms with van der Waals surface area (Å²) in [6, 6.07) is 7.40. The number of nitrogens with zero attached hydrogens (tertiary/aromatic N) is 2. The van der Waals surface area contributed by atoms with Crippen LogP contribution in [0.5, 0.6) is 0 Å². The van der Waals surface area contributed by atoms with E-state index in [1.807, 2.05) is 24.3 Å². The molecule has 0 aliphatic heterocycles. The zero-order chi connectivity index (χ0) is 13.0. The van der Waals surface area contributed by atoms with Crippen LogP contribution >= 0.6 is 11.6 Å². The lowest BCUT2D eigenvalue weighted by Gasteiger charge is -2.00. The average Bonchev–Trinajstić information content (AvgIpc) is 2.78. The third kappa shape index (κ3) is 3.55. The van der Waals surface area contributed by atoms with Gasteiger partial charge in [0.25, 0.3) is 5.89 Å². The van der Waals surface area contributed by atoms with Crippen molar-refractivity contribution in [2.24, 2.45) is 5.92 Å². The zero-order valence-corrected chi connectivity index (χ0v) is 11.3. The lowest BCUT2D eigenvalue weighted by atomic mass is 10.2. The van der Waals surface area contributed by atoms with Crippen LogP contribution < -0.4 is 5.32 Å². The molecule has 0 unspecified atom stereocenters. The number of rotatable bonds is 5. The van der Waals surface area contributed by atoms with Crippen molar-refractivity contribution in [2.45, 2.75) is 20.4 Å². The minimum atomic E-state index is 0.611. The molecule has 0 spiro atoms. The molecule has 2 rings (SSSR count). The number of aromatic nitrogens is 2. The van der Waals surface area contributed by atoms with Gasteiger partial charge in [0.05, 0.1) is 6.54 Å². The summed E-state index contributed by atoms with van der Waals surface area (Å²) in [5.74, 6) is 1.92. The summed E-state index contributed by atoms with van der Waals surface area (Å²) in [5.41, 5.74) is 0.915. The summed E-state index contributed by atoms with van der Waals surface area (Å²) in [6.45, 7) is 6.14. The maximum Gasteiger partial charge on any atom is 0.282 e. The summed E-state index contributed by atoms with van der Waals surface area (Å²) in [6.07, 6.45) is 0. The first-order valence-corrected chi connectivity index (χ1v) is 6.43. The molecule has 0 atom stereocenters. The first-order valence-electron chi connectivity index (χ1n) is 6.05. The molecule has 0 amide bonds. The Bertz CT molecular complexity index is 493. The Morgan fingerprint density at radius 3 is 2.67 bits per heavy atom. The summed E-state index contributed by atoms with van der Waals surface area (Å²) < 4.78 is 5.21. The fourth-order valence-electron chi connectivity index (χ4n) is 1.59. The largest absolute Gasteiger partial charge is 0.338 e. The molecule has 0 saturated carbocycles. The van der Waals surface area contributed by atoms with E-state index in [4.69, 9.17) is 16.1 Å². The van der Waals surface area contributed by atoms with Crippen LogP contribution in [0.15, 0.2) is 28.8 Å². The van der Waals surface area contributed by atoms with E-state index in [1.54, 1.807) is 0 Å². The monoisotopic (exact) mass is 266 g/mol. The summed E-state index contributed by atoms with van der Waals surface area (Å²) in [5, 5.41) is 6.84. The fourth-order valence-corrected chi connectivity index (χ4v) is 1.72. The van der Waals surface area contributed by atoms with Gasteiger partial charge in [-0.3, -0.25) is 0 Å². The molecule has 0 saturated heterocycles. The highest BCUT2D eigenvalue weighted by atomic mass is 35.5. The van der Waals surface area contributed by atoms with Crippen LogP contribution in [0.1, 0.15) is 19.7 Å². The van der Waals surface area contributed by atoms with Crippen LogP contribution in [-0.4, -0.2) is 16.7 Å². The molecule has 0 aliphatic rings. The topological polar surface area (TPSA) is 55.5 Å². The molecule has 0 aliphatic carbocycles. The van der Waals surface area contributed by atoms with Crippen LogP contribution in [-0.2, 0) is 6.54 Å². The minimum absolute atomic E-state index is 0.611. The molecule has 0 radical (unpaired) electrons. The Balaban J connectivity index is 1.99. The van der Waals surface area contributed by atoms with E-state index in [9.17, 15) is 0 Å². The summed E-state index contributed by atoms with van der Waals surface area (Å²) in [7, 11) is 0. The normalized spacial score (nSPS) is 11.1. The fraction of sp³-hybridized carbons (Fsp3) is 0.385. The van der Waals surface area contributed by atoms with Crippen LogP contribution in [0.3, 0.4) is 0 Å². The second-order valence-corrected chi connectivity index (χ2v) is 5.08. The van der Waals surface area contributed by atoms with Gasteiger partial charge in [-0.15, -0.1) is 0 Å². The zero-order valence-electron chi connectivity index (χ0n) is 10.6. The quantitative estimate of drug-likeness (QED) is 0.902. The average molecular weight is 267 g/mol. The molecule has 2 N–H and O–H groups in total. The predicted molar refractivity (Wildman–Crippen MR) is 70.1 cm³/mol. The number of benzene rings is 1. The smallest absolute Gasteiger partial charge is 0.282 e. The van der Waals surface area contributed by atoms with Gasteiger partial charge in [0, 0.05) is 16.5 Å². The predicted octanol–water partition coefficient (Wildman–Crippen LogP) is 2.11. The Hall–Kier alpha value is -1.39. The van der Waals surface area contributed by atoms with Crippen molar-refractivity contribution in [2.75, 3.05) is 6.54 Å². The Labute approximate surface area is 111 Å². The van der Waals surface area contributed by atoms with E-state index in [-0.39, 0.29) is 0 Å². The second-order valence-electron chi connectivity index (χ2n) is 4.64. The molecular weight excluding hydrogens is 250 g/mol. The Kier molecular flexibility index (Phi) is 4.33. The van der Waals surface area contributed by atoms with Gasteiger partial charge < -0.3 is 9.84 Å². The van der Waals surface area contributed by atoms with Crippen molar-refractivity contribution in [3.63, 3.8) is 0 Å².